The summed E-state index contributed by atoms with van der Waals surface area (Å²) < 4.78 is 7.61. The summed E-state index contributed by atoms with van der Waals surface area (Å²) in [6.07, 6.45) is 6.16. The Bertz CT molecular complexity index is 538. The van der Waals surface area contributed by atoms with Gasteiger partial charge in [0, 0.05) is 52.1 Å². The van der Waals surface area contributed by atoms with Crippen LogP contribution < -0.4 is 0 Å². The van der Waals surface area contributed by atoms with Gasteiger partial charge in [-0.25, -0.2) is 0 Å². The zero-order chi connectivity index (χ0) is 17.1. The molecule has 0 aliphatic carbocycles. The highest BCUT2D eigenvalue weighted by Crippen LogP contribution is 2.20. The number of piperidine rings is 1. The van der Waals surface area contributed by atoms with Crippen LogP contribution in [0.25, 0.3) is 0 Å². The number of likely N-dealkylation sites (tertiary alicyclic amines) is 1. The summed E-state index contributed by atoms with van der Waals surface area (Å²) in [6, 6.07) is 2.18. The van der Waals surface area contributed by atoms with Crippen molar-refractivity contribution in [2.45, 2.75) is 51.2 Å². The number of ether oxygens (including phenoxy) is 1. The molecule has 2 aliphatic heterocycles. The van der Waals surface area contributed by atoms with Crippen LogP contribution in [0.15, 0.2) is 6.07 Å². The van der Waals surface area contributed by atoms with Gasteiger partial charge in [0.2, 0.25) is 0 Å². The molecule has 1 aromatic rings. The standard InChI is InChI=1S/C18H30N4O2/c1-14-12-17(19-21(14)3)18(23)20(2)15-7-9-22(10-8-15)13-16-6-4-5-11-24-16/h12,15-16H,4-11,13H2,1-3H3. The molecular weight excluding hydrogens is 304 g/mol. The van der Waals surface area contributed by atoms with E-state index in [2.05, 4.69) is 10.00 Å². The number of aryl methyl sites for hydroxylation is 2. The number of amides is 1. The summed E-state index contributed by atoms with van der Waals surface area (Å²) in [5.41, 5.74) is 1.56. The Labute approximate surface area is 144 Å². The molecule has 0 radical (unpaired) electrons. The van der Waals surface area contributed by atoms with Gasteiger partial charge in [-0.15, -0.1) is 0 Å². The fraction of sp³-hybridized carbons (Fsp3) is 0.778. The van der Waals surface area contributed by atoms with Gasteiger partial charge in [0.15, 0.2) is 5.69 Å². The van der Waals surface area contributed by atoms with Gasteiger partial charge in [-0.3, -0.25) is 9.48 Å². The number of rotatable bonds is 4. The van der Waals surface area contributed by atoms with Crippen LogP contribution >= 0.6 is 0 Å². The fourth-order valence-corrected chi connectivity index (χ4v) is 3.74. The molecule has 6 nitrogen and oxygen atoms in total. The molecule has 0 N–H and O–H groups in total. The molecule has 2 aliphatic rings. The summed E-state index contributed by atoms with van der Waals surface area (Å²) in [4.78, 5) is 17.0. The van der Waals surface area contributed by atoms with E-state index >= 15 is 0 Å². The third-order valence-corrected chi connectivity index (χ3v) is 5.49. The summed E-state index contributed by atoms with van der Waals surface area (Å²) >= 11 is 0. The molecule has 1 amide bonds. The van der Waals surface area contributed by atoms with Crippen LogP contribution in [0.1, 0.15) is 48.3 Å². The lowest BCUT2D eigenvalue weighted by molar-refractivity contribution is -0.0127. The second kappa shape index (κ2) is 7.66. The van der Waals surface area contributed by atoms with Crippen molar-refractivity contribution in [1.29, 1.82) is 0 Å². The molecule has 0 bridgehead atoms. The van der Waals surface area contributed by atoms with E-state index < -0.39 is 0 Å². The smallest absolute Gasteiger partial charge is 0.274 e. The highest BCUT2D eigenvalue weighted by molar-refractivity contribution is 5.92. The monoisotopic (exact) mass is 334 g/mol. The summed E-state index contributed by atoms with van der Waals surface area (Å²) in [6.45, 7) is 6.02. The van der Waals surface area contributed by atoms with Crippen LogP contribution in [0.2, 0.25) is 0 Å². The maximum atomic E-state index is 12.6. The SMILES string of the molecule is Cc1cc(C(=O)N(C)C2CCN(CC3CCCCO3)CC2)nn1C. The minimum atomic E-state index is 0.0350. The first kappa shape index (κ1) is 17.4. The van der Waals surface area contributed by atoms with Crippen molar-refractivity contribution >= 4 is 5.91 Å². The molecule has 134 valence electrons. The second-order valence-corrected chi connectivity index (χ2v) is 7.23. The average Bonchev–Trinajstić information content (AvgIpc) is 2.94. The van der Waals surface area contributed by atoms with Gasteiger partial charge in [0.25, 0.3) is 5.91 Å². The highest BCUT2D eigenvalue weighted by Gasteiger charge is 2.28. The van der Waals surface area contributed by atoms with Crippen molar-refractivity contribution in [3.63, 3.8) is 0 Å². The van der Waals surface area contributed by atoms with Crippen molar-refractivity contribution in [3.8, 4) is 0 Å². The maximum Gasteiger partial charge on any atom is 0.274 e. The molecule has 24 heavy (non-hydrogen) atoms. The molecular formula is C18H30N4O2. The van der Waals surface area contributed by atoms with E-state index in [9.17, 15) is 4.79 Å². The van der Waals surface area contributed by atoms with Gasteiger partial charge in [0.05, 0.1) is 6.10 Å². The van der Waals surface area contributed by atoms with Crippen LogP contribution in [0.4, 0.5) is 0 Å². The number of hydrogen-bond donors (Lipinski definition) is 0. The topological polar surface area (TPSA) is 50.6 Å². The summed E-state index contributed by atoms with van der Waals surface area (Å²) in [7, 11) is 3.79. The molecule has 0 aromatic carbocycles. The van der Waals surface area contributed by atoms with E-state index in [1.807, 2.05) is 32.0 Å². The van der Waals surface area contributed by atoms with Crippen molar-refractivity contribution in [2.75, 3.05) is 33.3 Å². The molecule has 3 heterocycles. The first-order valence-electron chi connectivity index (χ1n) is 9.16. The van der Waals surface area contributed by atoms with Gasteiger partial charge in [0.1, 0.15) is 0 Å². The summed E-state index contributed by atoms with van der Waals surface area (Å²) in [5.74, 6) is 0.0350. The number of carbonyl (C=O) groups is 1. The van der Waals surface area contributed by atoms with Gasteiger partial charge in [-0.05, 0) is 45.1 Å². The Morgan fingerprint density at radius 1 is 1.33 bits per heavy atom. The molecule has 3 rings (SSSR count). The van der Waals surface area contributed by atoms with Crippen LogP contribution in [0, 0.1) is 6.92 Å². The maximum absolute atomic E-state index is 12.6. The Kier molecular flexibility index (Phi) is 5.56. The molecule has 2 fully saturated rings. The number of nitrogens with zero attached hydrogens (tertiary/aromatic N) is 4. The van der Waals surface area contributed by atoms with Crippen molar-refractivity contribution in [3.05, 3.63) is 17.5 Å². The number of carbonyl (C=O) groups excluding carboxylic acids is 1. The molecule has 2 saturated heterocycles. The Morgan fingerprint density at radius 2 is 2.08 bits per heavy atom. The van der Waals surface area contributed by atoms with Crippen molar-refractivity contribution in [2.24, 2.45) is 7.05 Å². The van der Waals surface area contributed by atoms with E-state index in [-0.39, 0.29) is 5.91 Å². The lowest BCUT2D eigenvalue weighted by atomic mass is 10.0. The van der Waals surface area contributed by atoms with E-state index in [0.717, 1.165) is 44.8 Å². The first-order valence-corrected chi connectivity index (χ1v) is 9.16. The molecule has 0 saturated carbocycles. The normalized spacial score (nSPS) is 23.4. The molecule has 1 aromatic heterocycles. The lowest BCUT2D eigenvalue weighted by Gasteiger charge is -2.38. The third kappa shape index (κ3) is 3.98. The van der Waals surface area contributed by atoms with Gasteiger partial charge in [-0.2, -0.15) is 5.10 Å². The largest absolute Gasteiger partial charge is 0.377 e. The Balaban J connectivity index is 1.49. The summed E-state index contributed by atoms with van der Waals surface area (Å²) in [5, 5.41) is 4.32. The average molecular weight is 334 g/mol. The van der Waals surface area contributed by atoms with Crippen LogP contribution in [0.3, 0.4) is 0 Å². The van der Waals surface area contributed by atoms with E-state index in [4.69, 9.17) is 4.74 Å². The van der Waals surface area contributed by atoms with E-state index in [0.29, 0.717) is 17.8 Å². The van der Waals surface area contributed by atoms with Crippen molar-refractivity contribution < 1.29 is 9.53 Å². The molecule has 1 atom stereocenters. The Hall–Kier alpha value is -1.40. The number of aromatic nitrogens is 2. The highest BCUT2D eigenvalue weighted by atomic mass is 16.5. The predicted octanol–water partition coefficient (Wildman–Crippen LogP) is 1.83. The van der Waals surface area contributed by atoms with Crippen LogP contribution in [0.5, 0.6) is 0 Å². The Morgan fingerprint density at radius 3 is 2.67 bits per heavy atom. The van der Waals surface area contributed by atoms with Crippen molar-refractivity contribution in [1.82, 2.24) is 19.6 Å². The van der Waals surface area contributed by atoms with E-state index in [1.54, 1.807) is 4.68 Å². The second-order valence-electron chi connectivity index (χ2n) is 7.23. The lowest BCUT2D eigenvalue weighted by Crippen LogP contribution is -2.47. The minimum Gasteiger partial charge on any atom is -0.377 e. The first-order chi connectivity index (χ1) is 11.5. The zero-order valence-electron chi connectivity index (χ0n) is 15.2. The molecule has 1 unspecified atom stereocenters. The van der Waals surface area contributed by atoms with Gasteiger partial charge < -0.3 is 14.5 Å². The quantitative estimate of drug-likeness (QED) is 0.843. The zero-order valence-corrected chi connectivity index (χ0v) is 15.2. The van der Waals surface area contributed by atoms with Crippen LogP contribution in [-0.2, 0) is 11.8 Å². The van der Waals surface area contributed by atoms with Gasteiger partial charge >= 0.3 is 0 Å². The fourth-order valence-electron chi connectivity index (χ4n) is 3.74. The number of hydrogen-bond acceptors (Lipinski definition) is 4. The van der Waals surface area contributed by atoms with Crippen LogP contribution in [-0.4, -0.2) is 70.9 Å². The third-order valence-electron chi connectivity index (χ3n) is 5.49. The molecule has 0 spiro atoms. The van der Waals surface area contributed by atoms with Gasteiger partial charge in [-0.1, -0.05) is 0 Å². The predicted molar refractivity (Wildman–Crippen MR) is 93.1 cm³/mol. The molecule has 6 heteroatoms. The minimum absolute atomic E-state index is 0.0350. The van der Waals surface area contributed by atoms with E-state index in [1.165, 1.54) is 19.3 Å².